The van der Waals surface area contributed by atoms with Crippen LogP contribution >= 0.6 is 0 Å². The lowest BCUT2D eigenvalue weighted by molar-refractivity contribution is -0.119. The zero-order valence-electron chi connectivity index (χ0n) is 12.1. The van der Waals surface area contributed by atoms with Gasteiger partial charge in [-0.25, -0.2) is 0 Å². The Labute approximate surface area is 120 Å². The molecule has 2 rings (SSSR count). The number of nitrogens with zero attached hydrogens (tertiary/aromatic N) is 2. The zero-order valence-corrected chi connectivity index (χ0v) is 12.1. The highest BCUT2D eigenvalue weighted by Crippen LogP contribution is 2.25. The van der Waals surface area contributed by atoms with Gasteiger partial charge in [0.2, 0.25) is 5.91 Å². The van der Waals surface area contributed by atoms with Crippen LogP contribution in [-0.4, -0.2) is 24.0 Å². The van der Waals surface area contributed by atoms with Crippen molar-refractivity contribution in [3.05, 3.63) is 24.0 Å². The molecule has 1 atom stereocenters. The van der Waals surface area contributed by atoms with E-state index in [1.54, 1.807) is 0 Å². The molecule has 0 saturated carbocycles. The Morgan fingerprint density at radius 1 is 1.45 bits per heavy atom. The summed E-state index contributed by atoms with van der Waals surface area (Å²) in [5.41, 5.74) is 13.3. The maximum atomic E-state index is 10.9. The van der Waals surface area contributed by atoms with Crippen LogP contribution in [0.3, 0.4) is 0 Å². The van der Waals surface area contributed by atoms with E-state index in [4.69, 9.17) is 11.5 Å². The number of amides is 1. The second kappa shape index (κ2) is 6.70. The first-order valence-corrected chi connectivity index (χ1v) is 7.35. The molecule has 1 aromatic heterocycles. The van der Waals surface area contributed by atoms with E-state index in [1.807, 2.05) is 12.3 Å². The molecule has 1 aliphatic heterocycles. The standard InChI is InChI=1S/C15H24N4O/c1-2-13(16)14-4-3-12(10-18-14)19-7-5-11(6-8-19)9-15(17)20/h3-4,10-11,13H,2,5-9,16H2,1H3,(H2,17,20). The Bertz CT molecular complexity index is 438. The highest BCUT2D eigenvalue weighted by atomic mass is 16.1. The largest absolute Gasteiger partial charge is 0.370 e. The van der Waals surface area contributed by atoms with Crippen LogP contribution in [0.15, 0.2) is 18.3 Å². The van der Waals surface area contributed by atoms with Crippen molar-refractivity contribution in [3.8, 4) is 0 Å². The number of carbonyl (C=O) groups excluding carboxylic acids is 1. The van der Waals surface area contributed by atoms with Crippen molar-refractivity contribution in [2.45, 2.75) is 38.6 Å². The number of nitrogens with two attached hydrogens (primary N) is 2. The van der Waals surface area contributed by atoms with Gasteiger partial charge in [-0.15, -0.1) is 0 Å². The van der Waals surface area contributed by atoms with Crippen LogP contribution in [0.4, 0.5) is 5.69 Å². The van der Waals surface area contributed by atoms with Gasteiger partial charge >= 0.3 is 0 Å². The van der Waals surface area contributed by atoms with Crippen molar-refractivity contribution in [1.29, 1.82) is 0 Å². The zero-order chi connectivity index (χ0) is 14.5. The van der Waals surface area contributed by atoms with Crippen LogP contribution in [0.1, 0.15) is 44.3 Å². The van der Waals surface area contributed by atoms with E-state index >= 15 is 0 Å². The molecule has 1 amide bonds. The highest BCUT2D eigenvalue weighted by Gasteiger charge is 2.21. The number of primary amides is 1. The molecule has 20 heavy (non-hydrogen) atoms. The Balaban J connectivity index is 1.92. The van der Waals surface area contributed by atoms with E-state index in [9.17, 15) is 4.79 Å². The average molecular weight is 276 g/mol. The predicted octanol–water partition coefficient (Wildman–Crippen LogP) is 1.58. The molecule has 4 N–H and O–H groups in total. The second-order valence-electron chi connectivity index (χ2n) is 5.56. The SMILES string of the molecule is CCC(N)c1ccc(N2CCC(CC(N)=O)CC2)cn1. The number of piperidine rings is 1. The fourth-order valence-electron chi connectivity index (χ4n) is 2.69. The molecule has 1 saturated heterocycles. The minimum absolute atomic E-state index is 0.0188. The van der Waals surface area contributed by atoms with Gasteiger partial charge in [-0.3, -0.25) is 9.78 Å². The van der Waals surface area contributed by atoms with Gasteiger partial charge in [0.1, 0.15) is 0 Å². The monoisotopic (exact) mass is 276 g/mol. The van der Waals surface area contributed by atoms with E-state index in [0.717, 1.165) is 43.7 Å². The number of pyridine rings is 1. The average Bonchev–Trinajstić information content (AvgIpc) is 2.47. The molecule has 0 aromatic carbocycles. The summed E-state index contributed by atoms with van der Waals surface area (Å²) in [6.07, 6.45) is 5.33. The fraction of sp³-hybridized carbons (Fsp3) is 0.600. The van der Waals surface area contributed by atoms with Crippen molar-refractivity contribution >= 4 is 11.6 Å². The minimum Gasteiger partial charge on any atom is -0.370 e. The summed E-state index contributed by atoms with van der Waals surface area (Å²) in [5, 5.41) is 0. The lowest BCUT2D eigenvalue weighted by Crippen LogP contribution is -2.35. The van der Waals surface area contributed by atoms with Gasteiger partial charge in [0.25, 0.3) is 0 Å². The van der Waals surface area contributed by atoms with Crippen LogP contribution in [0.5, 0.6) is 0 Å². The minimum atomic E-state index is -0.192. The number of carbonyl (C=O) groups is 1. The summed E-state index contributed by atoms with van der Waals surface area (Å²) in [5.74, 6) is 0.243. The molecule has 0 bridgehead atoms. The van der Waals surface area contributed by atoms with Gasteiger partial charge in [0, 0.05) is 25.6 Å². The predicted molar refractivity (Wildman–Crippen MR) is 80.2 cm³/mol. The van der Waals surface area contributed by atoms with Gasteiger partial charge in [0.15, 0.2) is 0 Å². The lowest BCUT2D eigenvalue weighted by Gasteiger charge is -2.33. The third-order valence-electron chi connectivity index (χ3n) is 4.06. The number of hydrogen-bond donors (Lipinski definition) is 2. The van der Waals surface area contributed by atoms with Crippen LogP contribution in [0, 0.1) is 5.92 Å². The molecule has 1 unspecified atom stereocenters. The first-order chi connectivity index (χ1) is 9.60. The molecule has 0 spiro atoms. The third-order valence-corrected chi connectivity index (χ3v) is 4.06. The first-order valence-electron chi connectivity index (χ1n) is 7.35. The molecule has 0 radical (unpaired) electrons. The van der Waals surface area contributed by atoms with Crippen LogP contribution < -0.4 is 16.4 Å². The van der Waals surface area contributed by atoms with Gasteiger partial charge in [-0.1, -0.05) is 6.92 Å². The fourth-order valence-corrected chi connectivity index (χ4v) is 2.69. The maximum Gasteiger partial charge on any atom is 0.217 e. The van der Waals surface area contributed by atoms with Crippen molar-refractivity contribution in [2.75, 3.05) is 18.0 Å². The highest BCUT2D eigenvalue weighted by molar-refractivity contribution is 5.74. The van der Waals surface area contributed by atoms with E-state index in [-0.39, 0.29) is 11.9 Å². The van der Waals surface area contributed by atoms with Crippen LogP contribution in [-0.2, 0) is 4.79 Å². The second-order valence-corrected chi connectivity index (χ2v) is 5.56. The molecule has 110 valence electrons. The Morgan fingerprint density at radius 3 is 2.65 bits per heavy atom. The quantitative estimate of drug-likeness (QED) is 0.855. The number of hydrogen-bond acceptors (Lipinski definition) is 4. The summed E-state index contributed by atoms with van der Waals surface area (Å²) in [6.45, 7) is 3.97. The summed E-state index contributed by atoms with van der Waals surface area (Å²) < 4.78 is 0. The Kier molecular flexibility index (Phi) is 4.95. The van der Waals surface area contributed by atoms with Gasteiger partial charge < -0.3 is 16.4 Å². The molecule has 1 aromatic rings. The van der Waals surface area contributed by atoms with Crippen molar-refractivity contribution in [3.63, 3.8) is 0 Å². The van der Waals surface area contributed by atoms with Crippen molar-refractivity contribution in [2.24, 2.45) is 17.4 Å². The van der Waals surface area contributed by atoms with E-state index in [1.165, 1.54) is 0 Å². The molecule has 0 aliphatic carbocycles. The number of rotatable bonds is 5. The number of anilines is 1. The van der Waals surface area contributed by atoms with E-state index in [2.05, 4.69) is 22.9 Å². The molecular weight excluding hydrogens is 252 g/mol. The molecular formula is C15H24N4O. The van der Waals surface area contributed by atoms with Gasteiger partial charge in [0.05, 0.1) is 17.6 Å². The lowest BCUT2D eigenvalue weighted by atomic mass is 9.93. The molecule has 1 fully saturated rings. The normalized spacial score (nSPS) is 18.0. The Morgan fingerprint density at radius 2 is 2.15 bits per heavy atom. The summed E-state index contributed by atoms with van der Waals surface area (Å²) in [7, 11) is 0. The molecule has 5 nitrogen and oxygen atoms in total. The van der Waals surface area contributed by atoms with Gasteiger partial charge in [-0.05, 0) is 37.3 Å². The summed E-state index contributed by atoms with van der Waals surface area (Å²) in [6, 6.07) is 4.12. The van der Waals surface area contributed by atoms with Gasteiger partial charge in [-0.2, -0.15) is 0 Å². The topological polar surface area (TPSA) is 85.2 Å². The van der Waals surface area contributed by atoms with E-state index < -0.39 is 0 Å². The molecule has 1 aliphatic rings. The molecule has 5 heteroatoms. The maximum absolute atomic E-state index is 10.9. The van der Waals surface area contributed by atoms with E-state index in [0.29, 0.717) is 12.3 Å². The molecule has 2 heterocycles. The van der Waals surface area contributed by atoms with Crippen LogP contribution in [0.2, 0.25) is 0 Å². The number of aromatic nitrogens is 1. The first kappa shape index (κ1) is 14.8. The van der Waals surface area contributed by atoms with Crippen molar-refractivity contribution < 1.29 is 4.79 Å². The van der Waals surface area contributed by atoms with Crippen LogP contribution in [0.25, 0.3) is 0 Å². The van der Waals surface area contributed by atoms with Crippen molar-refractivity contribution in [1.82, 2.24) is 4.98 Å². The Hall–Kier alpha value is -1.62. The smallest absolute Gasteiger partial charge is 0.217 e. The third kappa shape index (κ3) is 3.70. The summed E-state index contributed by atoms with van der Waals surface area (Å²) >= 11 is 0. The summed E-state index contributed by atoms with van der Waals surface area (Å²) in [4.78, 5) is 17.7.